The zero-order valence-electron chi connectivity index (χ0n) is 10.4. The van der Waals surface area contributed by atoms with Crippen LogP contribution in [-0.4, -0.2) is 25.3 Å². The third kappa shape index (κ3) is 4.80. The van der Waals surface area contributed by atoms with E-state index < -0.39 is 0 Å². The third-order valence-electron chi connectivity index (χ3n) is 2.76. The second-order valence-corrected chi connectivity index (χ2v) is 4.63. The van der Waals surface area contributed by atoms with Crippen molar-refractivity contribution in [2.75, 3.05) is 13.2 Å². The van der Waals surface area contributed by atoms with E-state index in [1.165, 1.54) is 31.3 Å². The molecule has 15 heavy (non-hydrogen) atoms. The van der Waals surface area contributed by atoms with Gasteiger partial charge in [0, 0.05) is 6.61 Å². The molecule has 0 aliphatic carbocycles. The van der Waals surface area contributed by atoms with Crippen LogP contribution in [0.1, 0.15) is 46.5 Å². The Balaban J connectivity index is 2.49. The first-order valence-corrected chi connectivity index (χ1v) is 6.24. The van der Waals surface area contributed by atoms with Crippen LogP contribution in [0, 0.1) is 0 Å². The molecule has 0 spiro atoms. The summed E-state index contributed by atoms with van der Waals surface area (Å²) in [6.07, 6.45) is 7.62. The largest absolute Gasteiger partial charge is 0.376 e. The number of hydrogen-bond donors (Lipinski definition) is 1. The molecule has 0 bridgehead atoms. The van der Waals surface area contributed by atoms with Crippen LogP contribution in [0.5, 0.6) is 0 Å². The second-order valence-electron chi connectivity index (χ2n) is 4.63. The predicted molar refractivity (Wildman–Crippen MR) is 65.1 cm³/mol. The summed E-state index contributed by atoms with van der Waals surface area (Å²) < 4.78 is 5.83. The fraction of sp³-hybridized carbons (Fsp3) is 0.846. The van der Waals surface area contributed by atoms with Gasteiger partial charge < -0.3 is 10.1 Å². The SMILES string of the molecule is CCCNC(C=C(C)C)C1CCCCO1. The van der Waals surface area contributed by atoms with Crippen LogP contribution in [0.3, 0.4) is 0 Å². The summed E-state index contributed by atoms with van der Waals surface area (Å²) in [5.74, 6) is 0. The molecular formula is C13H25NO. The normalized spacial score (nSPS) is 23.5. The lowest BCUT2D eigenvalue weighted by molar-refractivity contribution is 0.00215. The molecule has 2 atom stereocenters. The molecule has 0 aromatic heterocycles. The summed E-state index contributed by atoms with van der Waals surface area (Å²) >= 11 is 0. The molecule has 0 radical (unpaired) electrons. The molecule has 1 saturated heterocycles. The van der Waals surface area contributed by atoms with Crippen molar-refractivity contribution < 1.29 is 4.74 Å². The molecule has 2 nitrogen and oxygen atoms in total. The van der Waals surface area contributed by atoms with Gasteiger partial charge in [0.25, 0.3) is 0 Å². The Morgan fingerprint density at radius 1 is 1.47 bits per heavy atom. The average Bonchev–Trinajstić information content (AvgIpc) is 2.25. The van der Waals surface area contributed by atoms with E-state index in [2.05, 4.69) is 32.2 Å². The van der Waals surface area contributed by atoms with Crippen molar-refractivity contribution in [3.05, 3.63) is 11.6 Å². The number of ether oxygens (including phenoxy) is 1. The Morgan fingerprint density at radius 2 is 2.27 bits per heavy atom. The fourth-order valence-electron chi connectivity index (χ4n) is 2.02. The molecule has 2 heteroatoms. The Hall–Kier alpha value is -0.340. The van der Waals surface area contributed by atoms with Gasteiger partial charge in [-0.2, -0.15) is 0 Å². The van der Waals surface area contributed by atoms with Gasteiger partial charge >= 0.3 is 0 Å². The summed E-state index contributed by atoms with van der Waals surface area (Å²) in [7, 11) is 0. The van der Waals surface area contributed by atoms with Crippen LogP contribution in [-0.2, 0) is 4.74 Å². The highest BCUT2D eigenvalue weighted by molar-refractivity contribution is 5.04. The Kier molecular flexibility index (Phi) is 5.96. The maximum absolute atomic E-state index is 5.83. The molecule has 2 unspecified atom stereocenters. The number of allylic oxidation sites excluding steroid dienone is 1. The van der Waals surface area contributed by atoms with Crippen LogP contribution in [0.4, 0.5) is 0 Å². The highest BCUT2D eigenvalue weighted by Gasteiger charge is 2.21. The maximum atomic E-state index is 5.83. The van der Waals surface area contributed by atoms with E-state index in [1.807, 2.05) is 0 Å². The first kappa shape index (κ1) is 12.7. The smallest absolute Gasteiger partial charge is 0.0763 e. The minimum atomic E-state index is 0.389. The van der Waals surface area contributed by atoms with Gasteiger partial charge in [-0.15, -0.1) is 0 Å². The monoisotopic (exact) mass is 211 g/mol. The van der Waals surface area contributed by atoms with Gasteiger partial charge in [0.2, 0.25) is 0 Å². The number of nitrogens with one attached hydrogen (secondary N) is 1. The van der Waals surface area contributed by atoms with Crippen LogP contribution in [0.2, 0.25) is 0 Å². The van der Waals surface area contributed by atoms with Crippen molar-refractivity contribution in [3.8, 4) is 0 Å². The van der Waals surface area contributed by atoms with E-state index in [4.69, 9.17) is 4.74 Å². The van der Waals surface area contributed by atoms with Crippen molar-refractivity contribution in [2.24, 2.45) is 0 Å². The molecule has 1 aliphatic rings. The molecule has 0 aromatic carbocycles. The van der Waals surface area contributed by atoms with Gasteiger partial charge in [0.1, 0.15) is 0 Å². The first-order valence-electron chi connectivity index (χ1n) is 6.24. The lowest BCUT2D eigenvalue weighted by Crippen LogP contribution is -2.42. The van der Waals surface area contributed by atoms with Gasteiger partial charge in [-0.05, 0) is 46.1 Å². The van der Waals surface area contributed by atoms with Crippen molar-refractivity contribution in [1.29, 1.82) is 0 Å². The highest BCUT2D eigenvalue weighted by Crippen LogP contribution is 2.17. The Bertz CT molecular complexity index is 191. The Morgan fingerprint density at radius 3 is 2.80 bits per heavy atom. The standard InChI is InChI=1S/C13H25NO/c1-4-8-14-12(10-11(2)3)13-7-5-6-9-15-13/h10,12-14H,4-9H2,1-3H3. The van der Waals surface area contributed by atoms with Gasteiger partial charge in [-0.3, -0.25) is 0 Å². The molecule has 1 heterocycles. The summed E-state index contributed by atoms with van der Waals surface area (Å²) in [6, 6.07) is 0.412. The van der Waals surface area contributed by atoms with Gasteiger partial charge in [0.05, 0.1) is 12.1 Å². The van der Waals surface area contributed by atoms with Crippen molar-refractivity contribution in [3.63, 3.8) is 0 Å². The lowest BCUT2D eigenvalue weighted by Gasteiger charge is -2.29. The molecule has 1 aliphatic heterocycles. The van der Waals surface area contributed by atoms with E-state index in [1.54, 1.807) is 0 Å². The topological polar surface area (TPSA) is 21.3 Å². The van der Waals surface area contributed by atoms with Gasteiger partial charge in [-0.1, -0.05) is 18.6 Å². The highest BCUT2D eigenvalue weighted by atomic mass is 16.5. The maximum Gasteiger partial charge on any atom is 0.0763 e. The van der Waals surface area contributed by atoms with Crippen LogP contribution in [0.25, 0.3) is 0 Å². The fourth-order valence-corrected chi connectivity index (χ4v) is 2.02. The number of rotatable bonds is 5. The number of hydrogen-bond acceptors (Lipinski definition) is 2. The van der Waals surface area contributed by atoms with Crippen molar-refractivity contribution in [1.82, 2.24) is 5.32 Å². The van der Waals surface area contributed by atoms with E-state index >= 15 is 0 Å². The zero-order valence-corrected chi connectivity index (χ0v) is 10.4. The van der Waals surface area contributed by atoms with Crippen LogP contribution >= 0.6 is 0 Å². The Labute approximate surface area is 94.1 Å². The van der Waals surface area contributed by atoms with Gasteiger partial charge in [-0.25, -0.2) is 0 Å². The molecule has 1 rings (SSSR count). The quantitative estimate of drug-likeness (QED) is 0.706. The molecule has 0 amide bonds. The summed E-state index contributed by atoms with van der Waals surface area (Å²) in [5.41, 5.74) is 1.37. The van der Waals surface area contributed by atoms with E-state index in [0.717, 1.165) is 13.2 Å². The summed E-state index contributed by atoms with van der Waals surface area (Å²) in [5, 5.41) is 3.57. The summed E-state index contributed by atoms with van der Waals surface area (Å²) in [6.45, 7) is 8.53. The molecule has 0 aromatic rings. The van der Waals surface area contributed by atoms with Crippen LogP contribution < -0.4 is 5.32 Å². The second kappa shape index (κ2) is 7.02. The van der Waals surface area contributed by atoms with Gasteiger partial charge in [0.15, 0.2) is 0 Å². The molecule has 1 N–H and O–H groups in total. The first-order chi connectivity index (χ1) is 7.24. The lowest BCUT2D eigenvalue weighted by atomic mass is 10.0. The van der Waals surface area contributed by atoms with E-state index in [-0.39, 0.29) is 0 Å². The molecular weight excluding hydrogens is 186 g/mol. The van der Waals surface area contributed by atoms with E-state index in [0.29, 0.717) is 12.1 Å². The minimum absolute atomic E-state index is 0.389. The van der Waals surface area contributed by atoms with Crippen molar-refractivity contribution in [2.45, 2.75) is 58.6 Å². The van der Waals surface area contributed by atoms with Crippen LogP contribution in [0.15, 0.2) is 11.6 Å². The molecule has 88 valence electrons. The zero-order chi connectivity index (χ0) is 11.1. The average molecular weight is 211 g/mol. The minimum Gasteiger partial charge on any atom is -0.376 e. The predicted octanol–water partition coefficient (Wildman–Crippen LogP) is 2.89. The van der Waals surface area contributed by atoms with Crippen molar-refractivity contribution >= 4 is 0 Å². The molecule has 0 saturated carbocycles. The molecule has 1 fully saturated rings. The summed E-state index contributed by atoms with van der Waals surface area (Å²) in [4.78, 5) is 0. The van der Waals surface area contributed by atoms with E-state index in [9.17, 15) is 0 Å². The third-order valence-corrected chi connectivity index (χ3v) is 2.76.